The Kier molecular flexibility index (Phi) is 8.97. The van der Waals surface area contributed by atoms with Gasteiger partial charge in [0.2, 0.25) is 0 Å². The van der Waals surface area contributed by atoms with Crippen LogP contribution in [-0.4, -0.2) is 50.2 Å². The Morgan fingerprint density at radius 3 is 2.62 bits per heavy atom. The minimum absolute atomic E-state index is 0. The van der Waals surface area contributed by atoms with E-state index in [9.17, 15) is 10.1 Å². The van der Waals surface area contributed by atoms with E-state index in [2.05, 4.69) is 50.1 Å². The topological polar surface area (TPSA) is 94.8 Å². The zero-order valence-electron chi connectivity index (χ0n) is 16.4. The van der Waals surface area contributed by atoms with Crippen LogP contribution in [0, 0.1) is 10.1 Å². The van der Waals surface area contributed by atoms with Gasteiger partial charge in [0, 0.05) is 51.0 Å². The van der Waals surface area contributed by atoms with E-state index in [1.54, 1.807) is 25.2 Å². The van der Waals surface area contributed by atoms with Crippen molar-refractivity contribution >= 4 is 47.0 Å². The Balaban J connectivity index is 0.00000300. The van der Waals surface area contributed by atoms with Gasteiger partial charge in [-0.15, -0.1) is 24.0 Å². The van der Waals surface area contributed by atoms with Crippen molar-refractivity contribution in [3.63, 3.8) is 0 Å². The second-order valence-corrected chi connectivity index (χ2v) is 6.61. The van der Waals surface area contributed by atoms with Crippen molar-refractivity contribution in [1.82, 2.24) is 10.6 Å². The van der Waals surface area contributed by atoms with Gasteiger partial charge in [-0.25, -0.2) is 0 Å². The molecule has 1 aliphatic heterocycles. The van der Waals surface area contributed by atoms with Crippen molar-refractivity contribution in [3.05, 3.63) is 64.7 Å². The molecule has 0 saturated carbocycles. The van der Waals surface area contributed by atoms with Crippen LogP contribution in [0.2, 0.25) is 0 Å². The molecule has 0 amide bonds. The summed E-state index contributed by atoms with van der Waals surface area (Å²) >= 11 is 0. The molecule has 0 aromatic heterocycles. The minimum Gasteiger partial charge on any atom is -0.378 e. The van der Waals surface area contributed by atoms with Crippen molar-refractivity contribution in [1.29, 1.82) is 0 Å². The number of anilines is 2. The number of hydrogen-bond acceptors (Lipinski definition) is 5. The smallest absolute Gasteiger partial charge is 0.292 e. The molecule has 0 radical (unpaired) electrons. The van der Waals surface area contributed by atoms with Crippen molar-refractivity contribution < 1.29 is 4.92 Å². The molecule has 0 aliphatic carbocycles. The van der Waals surface area contributed by atoms with Gasteiger partial charge in [-0.1, -0.05) is 30.3 Å². The van der Waals surface area contributed by atoms with Gasteiger partial charge >= 0.3 is 0 Å². The summed E-state index contributed by atoms with van der Waals surface area (Å²) in [6.07, 6.45) is 1.05. The molecule has 1 unspecified atom stereocenters. The first-order chi connectivity index (χ1) is 13.7. The third-order valence-corrected chi connectivity index (χ3v) is 4.71. The normalized spacial score (nSPS) is 16.1. The van der Waals surface area contributed by atoms with E-state index >= 15 is 0 Å². The van der Waals surface area contributed by atoms with Gasteiger partial charge in [-0.05, 0) is 24.6 Å². The summed E-state index contributed by atoms with van der Waals surface area (Å²) in [5.41, 5.74) is 1.84. The molecule has 0 bridgehead atoms. The van der Waals surface area contributed by atoms with E-state index in [-0.39, 0.29) is 34.6 Å². The van der Waals surface area contributed by atoms with Crippen LogP contribution in [0.5, 0.6) is 0 Å². The van der Waals surface area contributed by atoms with Crippen LogP contribution in [0.3, 0.4) is 0 Å². The average Bonchev–Trinajstić information content (AvgIpc) is 3.19. The predicted octanol–water partition coefficient (Wildman–Crippen LogP) is 3.07. The Morgan fingerprint density at radius 2 is 1.90 bits per heavy atom. The number of halogens is 1. The second kappa shape index (κ2) is 11.4. The molecule has 1 fully saturated rings. The fourth-order valence-electron chi connectivity index (χ4n) is 3.30. The van der Waals surface area contributed by atoms with Crippen LogP contribution in [0.15, 0.2) is 59.6 Å². The molecule has 156 valence electrons. The first-order valence-electron chi connectivity index (χ1n) is 9.42. The second-order valence-electron chi connectivity index (χ2n) is 6.61. The number of guanidine groups is 1. The molecule has 3 N–H and O–H groups in total. The van der Waals surface area contributed by atoms with Gasteiger partial charge in [0.25, 0.3) is 5.69 Å². The lowest BCUT2D eigenvalue weighted by atomic mass is 10.2. The molecule has 29 heavy (non-hydrogen) atoms. The van der Waals surface area contributed by atoms with Crippen molar-refractivity contribution in [2.24, 2.45) is 4.99 Å². The molecule has 1 saturated heterocycles. The Bertz CT molecular complexity index is 818. The molecule has 1 aliphatic rings. The van der Waals surface area contributed by atoms with Crippen LogP contribution in [0.25, 0.3) is 0 Å². The highest BCUT2D eigenvalue weighted by molar-refractivity contribution is 14.0. The van der Waals surface area contributed by atoms with Crippen LogP contribution in [0.1, 0.15) is 6.42 Å². The Morgan fingerprint density at radius 1 is 1.17 bits per heavy atom. The minimum atomic E-state index is -0.380. The van der Waals surface area contributed by atoms with Gasteiger partial charge in [-0.2, -0.15) is 0 Å². The summed E-state index contributed by atoms with van der Waals surface area (Å²) in [7, 11) is 1.74. The first kappa shape index (κ1) is 22.7. The molecule has 1 atom stereocenters. The quantitative estimate of drug-likeness (QED) is 0.132. The predicted molar refractivity (Wildman–Crippen MR) is 129 cm³/mol. The largest absolute Gasteiger partial charge is 0.378 e. The summed E-state index contributed by atoms with van der Waals surface area (Å²) < 4.78 is 0. The lowest BCUT2D eigenvalue weighted by Gasteiger charge is -2.20. The third-order valence-electron chi connectivity index (χ3n) is 4.71. The SMILES string of the molecule is CN=C(NCCNc1ccccc1[N+](=O)[O-])NC1CCN(c2ccccc2)C1.I. The molecule has 3 rings (SSSR count). The van der Waals surface area contributed by atoms with Gasteiger partial charge in [0.05, 0.1) is 4.92 Å². The highest BCUT2D eigenvalue weighted by Gasteiger charge is 2.23. The number of nitrogens with zero attached hydrogens (tertiary/aromatic N) is 3. The number of nitro groups is 1. The molecule has 9 heteroatoms. The fourth-order valence-corrected chi connectivity index (χ4v) is 3.30. The molecule has 0 spiro atoms. The zero-order chi connectivity index (χ0) is 19.8. The first-order valence-corrected chi connectivity index (χ1v) is 9.42. The maximum atomic E-state index is 11.0. The van der Waals surface area contributed by atoms with Crippen LogP contribution >= 0.6 is 24.0 Å². The number of rotatable bonds is 7. The molecule has 2 aromatic rings. The number of para-hydroxylation sites is 3. The molecule has 8 nitrogen and oxygen atoms in total. The number of nitrogens with one attached hydrogen (secondary N) is 3. The van der Waals surface area contributed by atoms with Gasteiger partial charge in [0.1, 0.15) is 5.69 Å². The van der Waals surface area contributed by atoms with Crippen molar-refractivity contribution in [3.8, 4) is 0 Å². The monoisotopic (exact) mass is 510 g/mol. The van der Waals surface area contributed by atoms with Crippen LogP contribution < -0.4 is 20.9 Å². The van der Waals surface area contributed by atoms with Gasteiger partial charge in [-0.3, -0.25) is 15.1 Å². The Hall–Kier alpha value is -2.56. The van der Waals surface area contributed by atoms with E-state index in [4.69, 9.17) is 0 Å². The maximum Gasteiger partial charge on any atom is 0.292 e. The highest BCUT2D eigenvalue weighted by atomic mass is 127. The van der Waals surface area contributed by atoms with E-state index in [0.29, 0.717) is 24.8 Å². The van der Waals surface area contributed by atoms with E-state index in [0.717, 1.165) is 25.5 Å². The molecule has 2 aromatic carbocycles. The Labute approximate surface area is 188 Å². The molecule has 1 heterocycles. The van der Waals surface area contributed by atoms with Crippen LogP contribution in [-0.2, 0) is 0 Å². The summed E-state index contributed by atoms with van der Waals surface area (Å²) in [5.74, 6) is 0.740. The maximum absolute atomic E-state index is 11.0. The number of nitro benzene ring substituents is 1. The van der Waals surface area contributed by atoms with Crippen molar-refractivity contribution in [2.45, 2.75) is 12.5 Å². The average molecular weight is 510 g/mol. The number of benzene rings is 2. The van der Waals surface area contributed by atoms with Crippen molar-refractivity contribution in [2.75, 3.05) is 43.4 Å². The van der Waals surface area contributed by atoms with E-state index < -0.39 is 0 Å². The number of hydrogen-bond donors (Lipinski definition) is 3. The molecular weight excluding hydrogens is 483 g/mol. The summed E-state index contributed by atoms with van der Waals surface area (Å²) in [6.45, 7) is 3.09. The van der Waals surface area contributed by atoms with E-state index in [1.165, 1.54) is 11.8 Å². The third kappa shape index (κ3) is 6.48. The van der Waals surface area contributed by atoms with E-state index in [1.807, 2.05) is 6.07 Å². The highest BCUT2D eigenvalue weighted by Crippen LogP contribution is 2.22. The lowest BCUT2D eigenvalue weighted by molar-refractivity contribution is -0.384. The lowest BCUT2D eigenvalue weighted by Crippen LogP contribution is -2.45. The fraction of sp³-hybridized carbons (Fsp3) is 0.350. The molecular formula is C20H27IN6O2. The zero-order valence-corrected chi connectivity index (χ0v) is 18.7. The van der Waals surface area contributed by atoms with Gasteiger partial charge < -0.3 is 20.9 Å². The van der Waals surface area contributed by atoms with Gasteiger partial charge in [0.15, 0.2) is 5.96 Å². The standard InChI is InChI=1S/C20H26N6O2.HI/c1-21-20(23-13-12-22-18-9-5-6-10-19(18)26(27)28)24-16-11-14-25(15-16)17-7-3-2-4-8-17;/h2-10,16,22H,11-15H2,1H3,(H2,21,23,24);1H. The van der Waals surface area contributed by atoms with Crippen LogP contribution in [0.4, 0.5) is 17.1 Å². The summed E-state index contributed by atoms with van der Waals surface area (Å²) in [5, 5.41) is 20.9. The number of aliphatic imine (C=N–C) groups is 1. The summed E-state index contributed by atoms with van der Waals surface area (Å²) in [6, 6.07) is 17.4. The summed E-state index contributed by atoms with van der Waals surface area (Å²) in [4.78, 5) is 17.3.